The molecule has 3 N–H and O–H groups in total. The van der Waals surface area contributed by atoms with Gasteiger partial charge in [-0.1, -0.05) is 5.16 Å². The van der Waals surface area contributed by atoms with E-state index in [1.807, 2.05) is 0 Å². The van der Waals surface area contributed by atoms with Crippen LogP contribution in [0.15, 0.2) is 10.6 Å². The summed E-state index contributed by atoms with van der Waals surface area (Å²) in [5.41, 5.74) is 0. The van der Waals surface area contributed by atoms with Crippen LogP contribution in [0.3, 0.4) is 0 Å². The molecule has 0 aromatic carbocycles. The van der Waals surface area contributed by atoms with Crippen LogP contribution in [0.25, 0.3) is 0 Å². The molecule has 1 aliphatic rings. The van der Waals surface area contributed by atoms with Crippen molar-refractivity contribution in [2.24, 2.45) is 0 Å². The monoisotopic (exact) mass is 326 g/mol. The molecule has 0 radical (unpaired) electrons. The van der Waals surface area contributed by atoms with E-state index in [-0.39, 0.29) is 29.4 Å². The Morgan fingerprint density at radius 3 is 2.91 bits per heavy atom. The number of aryl methyl sites for hydroxylation is 1. The molecule has 7 nitrogen and oxygen atoms in total. The van der Waals surface area contributed by atoms with Gasteiger partial charge in [0.2, 0.25) is 11.8 Å². The summed E-state index contributed by atoms with van der Waals surface area (Å²) in [4.78, 5) is 23.6. The van der Waals surface area contributed by atoms with Crippen LogP contribution >= 0.6 is 11.8 Å². The molecule has 0 bridgehead atoms. The SMILES string of the molecule is Cc1cc(NC(=O)CSCC(=O)NC2CCCNC2C)no1. The fraction of sp³-hybridized carbons (Fsp3) is 0.643. The van der Waals surface area contributed by atoms with E-state index in [1.54, 1.807) is 13.0 Å². The van der Waals surface area contributed by atoms with Crippen molar-refractivity contribution in [3.05, 3.63) is 11.8 Å². The van der Waals surface area contributed by atoms with Crippen molar-refractivity contribution < 1.29 is 14.1 Å². The topological polar surface area (TPSA) is 96.3 Å². The molecule has 8 heteroatoms. The van der Waals surface area contributed by atoms with Crippen molar-refractivity contribution in [1.29, 1.82) is 0 Å². The van der Waals surface area contributed by atoms with E-state index in [4.69, 9.17) is 4.52 Å². The Balaban J connectivity index is 1.63. The van der Waals surface area contributed by atoms with Gasteiger partial charge in [-0.3, -0.25) is 9.59 Å². The molecule has 1 aliphatic heterocycles. The van der Waals surface area contributed by atoms with E-state index in [1.165, 1.54) is 11.8 Å². The summed E-state index contributed by atoms with van der Waals surface area (Å²) in [6.07, 6.45) is 2.07. The second-order valence-electron chi connectivity index (χ2n) is 5.42. The third kappa shape index (κ3) is 5.34. The first kappa shape index (κ1) is 16.8. The Hall–Kier alpha value is -1.54. The number of anilines is 1. The smallest absolute Gasteiger partial charge is 0.235 e. The van der Waals surface area contributed by atoms with Gasteiger partial charge in [0.1, 0.15) is 5.76 Å². The highest BCUT2D eigenvalue weighted by atomic mass is 32.2. The summed E-state index contributed by atoms with van der Waals surface area (Å²) < 4.78 is 4.86. The minimum Gasteiger partial charge on any atom is -0.360 e. The highest BCUT2D eigenvalue weighted by Gasteiger charge is 2.22. The Bertz CT molecular complexity index is 520. The molecule has 1 fully saturated rings. The van der Waals surface area contributed by atoms with Crippen molar-refractivity contribution in [2.75, 3.05) is 23.4 Å². The Morgan fingerprint density at radius 2 is 2.23 bits per heavy atom. The van der Waals surface area contributed by atoms with Gasteiger partial charge in [-0.05, 0) is 33.2 Å². The Morgan fingerprint density at radius 1 is 1.45 bits per heavy atom. The van der Waals surface area contributed by atoms with Crippen LogP contribution in [0.1, 0.15) is 25.5 Å². The van der Waals surface area contributed by atoms with Crippen LogP contribution in [0.5, 0.6) is 0 Å². The van der Waals surface area contributed by atoms with Crippen LogP contribution in [0.4, 0.5) is 5.82 Å². The zero-order valence-electron chi connectivity index (χ0n) is 12.8. The van der Waals surface area contributed by atoms with E-state index in [9.17, 15) is 9.59 Å². The van der Waals surface area contributed by atoms with E-state index < -0.39 is 0 Å². The van der Waals surface area contributed by atoms with Crippen molar-refractivity contribution in [1.82, 2.24) is 15.8 Å². The largest absolute Gasteiger partial charge is 0.360 e. The molecular weight excluding hydrogens is 304 g/mol. The highest BCUT2D eigenvalue weighted by Crippen LogP contribution is 2.10. The number of amides is 2. The minimum absolute atomic E-state index is 0.0318. The zero-order valence-corrected chi connectivity index (χ0v) is 13.7. The third-order valence-corrected chi connectivity index (χ3v) is 4.40. The molecule has 0 saturated carbocycles. The molecule has 0 spiro atoms. The van der Waals surface area contributed by atoms with Crippen molar-refractivity contribution in [3.8, 4) is 0 Å². The van der Waals surface area contributed by atoms with Gasteiger partial charge < -0.3 is 20.5 Å². The second kappa shape index (κ2) is 8.19. The van der Waals surface area contributed by atoms with Gasteiger partial charge in [0, 0.05) is 18.2 Å². The molecule has 22 heavy (non-hydrogen) atoms. The molecule has 2 unspecified atom stereocenters. The van der Waals surface area contributed by atoms with Gasteiger partial charge in [-0.15, -0.1) is 11.8 Å². The number of hydrogen-bond acceptors (Lipinski definition) is 6. The number of carbonyl (C=O) groups excluding carboxylic acids is 2. The number of rotatable bonds is 6. The molecule has 122 valence electrons. The van der Waals surface area contributed by atoms with Crippen LogP contribution in [0, 0.1) is 6.92 Å². The molecule has 2 amide bonds. The van der Waals surface area contributed by atoms with E-state index >= 15 is 0 Å². The number of carbonyl (C=O) groups is 2. The van der Waals surface area contributed by atoms with Crippen molar-refractivity contribution in [3.63, 3.8) is 0 Å². The van der Waals surface area contributed by atoms with Crippen LogP contribution in [-0.4, -0.2) is 47.1 Å². The maximum absolute atomic E-state index is 11.9. The summed E-state index contributed by atoms with van der Waals surface area (Å²) >= 11 is 1.28. The number of piperidine rings is 1. The zero-order chi connectivity index (χ0) is 15.9. The number of aromatic nitrogens is 1. The van der Waals surface area contributed by atoms with Crippen LogP contribution in [0.2, 0.25) is 0 Å². The standard InChI is InChI=1S/C14H22N4O3S/c1-9-6-12(18-21-9)17-14(20)8-22-7-13(19)16-11-4-3-5-15-10(11)2/h6,10-11,15H,3-5,7-8H2,1-2H3,(H,16,19)(H,17,18,20). The summed E-state index contributed by atoms with van der Waals surface area (Å²) in [6.45, 7) is 4.83. The van der Waals surface area contributed by atoms with Gasteiger partial charge >= 0.3 is 0 Å². The summed E-state index contributed by atoms with van der Waals surface area (Å²) in [6, 6.07) is 2.11. The molecule has 2 rings (SSSR count). The lowest BCUT2D eigenvalue weighted by atomic mass is 10.00. The van der Waals surface area contributed by atoms with Crippen molar-refractivity contribution >= 4 is 29.4 Å². The van der Waals surface area contributed by atoms with Gasteiger partial charge in [0.05, 0.1) is 11.5 Å². The van der Waals surface area contributed by atoms with Crippen LogP contribution in [-0.2, 0) is 9.59 Å². The van der Waals surface area contributed by atoms with Gasteiger partial charge in [0.25, 0.3) is 0 Å². The summed E-state index contributed by atoms with van der Waals surface area (Å²) in [5, 5.41) is 12.7. The van der Waals surface area contributed by atoms with E-state index in [2.05, 4.69) is 28.0 Å². The minimum atomic E-state index is -0.196. The molecule has 2 heterocycles. The molecule has 1 aromatic heterocycles. The first-order valence-electron chi connectivity index (χ1n) is 7.38. The number of nitrogens with one attached hydrogen (secondary N) is 3. The molecule has 0 aliphatic carbocycles. The van der Waals surface area contributed by atoms with Gasteiger partial charge in [-0.2, -0.15) is 0 Å². The average Bonchev–Trinajstić information content (AvgIpc) is 2.86. The maximum atomic E-state index is 11.9. The van der Waals surface area contributed by atoms with Crippen molar-refractivity contribution in [2.45, 2.75) is 38.8 Å². The molecule has 2 atom stereocenters. The average molecular weight is 326 g/mol. The molecular formula is C14H22N4O3S. The lowest BCUT2D eigenvalue weighted by Gasteiger charge is -2.30. The fourth-order valence-corrected chi connectivity index (χ4v) is 2.96. The summed E-state index contributed by atoms with van der Waals surface area (Å²) in [5.74, 6) is 1.29. The quantitative estimate of drug-likeness (QED) is 0.719. The number of thioether (sulfide) groups is 1. The van der Waals surface area contributed by atoms with E-state index in [0.29, 0.717) is 17.6 Å². The predicted molar refractivity (Wildman–Crippen MR) is 85.8 cm³/mol. The second-order valence-corrected chi connectivity index (χ2v) is 6.41. The maximum Gasteiger partial charge on any atom is 0.235 e. The molecule has 1 aromatic rings. The predicted octanol–water partition coefficient (Wildman–Crippen LogP) is 0.911. The lowest BCUT2D eigenvalue weighted by molar-refractivity contribution is -0.119. The normalized spacial score (nSPS) is 21.4. The van der Waals surface area contributed by atoms with E-state index in [0.717, 1.165) is 19.4 Å². The first-order valence-corrected chi connectivity index (χ1v) is 8.53. The third-order valence-electron chi connectivity index (χ3n) is 3.47. The Labute approximate surface area is 134 Å². The van der Waals surface area contributed by atoms with Gasteiger partial charge in [-0.25, -0.2) is 0 Å². The number of hydrogen-bond donors (Lipinski definition) is 3. The first-order chi connectivity index (χ1) is 10.5. The Kier molecular flexibility index (Phi) is 6.26. The highest BCUT2D eigenvalue weighted by molar-refractivity contribution is 8.00. The molecule has 1 saturated heterocycles. The van der Waals surface area contributed by atoms with Crippen LogP contribution < -0.4 is 16.0 Å². The number of nitrogens with zero attached hydrogens (tertiary/aromatic N) is 1. The summed E-state index contributed by atoms with van der Waals surface area (Å²) in [7, 11) is 0. The lowest BCUT2D eigenvalue weighted by Crippen LogP contribution is -2.52. The fourth-order valence-electron chi connectivity index (χ4n) is 2.33. The van der Waals surface area contributed by atoms with Gasteiger partial charge in [0.15, 0.2) is 5.82 Å².